The Kier molecular flexibility index (Phi) is 11.8. The molecule has 0 bridgehead atoms. The van der Waals surface area contributed by atoms with Crippen LogP contribution in [-0.4, -0.2) is 18.9 Å². The summed E-state index contributed by atoms with van der Waals surface area (Å²) in [5.74, 6) is -0.155. The van der Waals surface area contributed by atoms with E-state index in [0.29, 0.717) is 24.2 Å². The number of rotatable bonds is 15. The molecule has 0 amide bonds. The summed E-state index contributed by atoms with van der Waals surface area (Å²) in [6.45, 7) is 2.83. The normalized spacial score (nSPS) is 10.5. The van der Waals surface area contributed by atoms with E-state index in [0.717, 1.165) is 12.8 Å². The Morgan fingerprint density at radius 1 is 0.781 bits per heavy atom. The average molecular weight is 439 g/mol. The number of hydrogen-bond acceptors (Lipinski definition) is 5. The minimum absolute atomic E-state index is 0.0664. The van der Waals surface area contributed by atoms with Gasteiger partial charge < -0.3 is 9.47 Å². The smallest absolute Gasteiger partial charge is 0.343 e. The molecule has 2 rings (SSSR count). The third-order valence-corrected chi connectivity index (χ3v) is 5.29. The SMILES string of the molecule is CCCCCCCCCCCCOc1ccc(OC(=O)c2ccc(C=O)cc2)c(=O)cc1. The number of benzene rings is 1. The predicted molar refractivity (Wildman–Crippen MR) is 127 cm³/mol. The van der Waals surface area contributed by atoms with Crippen molar-refractivity contribution in [3.63, 3.8) is 0 Å². The lowest BCUT2D eigenvalue weighted by Crippen LogP contribution is -2.13. The van der Waals surface area contributed by atoms with Crippen molar-refractivity contribution in [1.29, 1.82) is 0 Å². The number of unbranched alkanes of at least 4 members (excludes halogenated alkanes) is 9. The molecule has 0 heterocycles. The second-order valence-electron chi connectivity index (χ2n) is 7.96. The van der Waals surface area contributed by atoms with Gasteiger partial charge in [-0.1, -0.05) is 76.8 Å². The maximum absolute atomic E-state index is 12.3. The summed E-state index contributed by atoms with van der Waals surface area (Å²) in [7, 11) is 0. The van der Waals surface area contributed by atoms with Crippen molar-refractivity contribution < 1.29 is 19.1 Å². The molecule has 0 fully saturated rings. The molecule has 0 aliphatic rings. The lowest BCUT2D eigenvalue weighted by molar-refractivity contribution is 0.0733. The lowest BCUT2D eigenvalue weighted by Gasteiger charge is -2.05. The van der Waals surface area contributed by atoms with Gasteiger partial charge in [-0.2, -0.15) is 0 Å². The molecule has 0 N–H and O–H groups in total. The van der Waals surface area contributed by atoms with Gasteiger partial charge >= 0.3 is 5.97 Å². The van der Waals surface area contributed by atoms with Crippen LogP contribution in [0.2, 0.25) is 0 Å². The zero-order valence-corrected chi connectivity index (χ0v) is 19.0. The average Bonchev–Trinajstić information content (AvgIpc) is 2.99. The van der Waals surface area contributed by atoms with Crippen molar-refractivity contribution in [1.82, 2.24) is 0 Å². The zero-order chi connectivity index (χ0) is 23.0. The highest BCUT2D eigenvalue weighted by Crippen LogP contribution is 2.15. The van der Waals surface area contributed by atoms with Crippen molar-refractivity contribution in [3.8, 4) is 11.5 Å². The van der Waals surface area contributed by atoms with Gasteiger partial charge in [0, 0.05) is 5.56 Å². The zero-order valence-electron chi connectivity index (χ0n) is 19.0. The molecule has 0 aliphatic heterocycles. The monoisotopic (exact) mass is 438 g/mol. The maximum atomic E-state index is 12.3. The highest BCUT2D eigenvalue weighted by atomic mass is 16.5. The molecule has 0 atom stereocenters. The number of esters is 1. The first kappa shape index (κ1) is 25.3. The fourth-order valence-electron chi connectivity index (χ4n) is 3.35. The van der Waals surface area contributed by atoms with Crippen molar-refractivity contribution >= 4 is 12.3 Å². The Labute approximate surface area is 190 Å². The molecule has 0 saturated heterocycles. The van der Waals surface area contributed by atoms with Crippen molar-refractivity contribution in [2.75, 3.05) is 6.61 Å². The van der Waals surface area contributed by atoms with Crippen molar-refractivity contribution in [2.24, 2.45) is 0 Å². The van der Waals surface area contributed by atoms with Crippen molar-refractivity contribution in [2.45, 2.75) is 71.1 Å². The number of carbonyl (C=O) groups is 2. The molecular weight excluding hydrogens is 404 g/mol. The van der Waals surface area contributed by atoms with Crippen LogP contribution in [0.1, 0.15) is 91.8 Å². The maximum Gasteiger partial charge on any atom is 0.343 e. The summed E-state index contributed by atoms with van der Waals surface area (Å²) >= 11 is 0. The molecule has 172 valence electrons. The first-order valence-corrected chi connectivity index (χ1v) is 11.7. The number of hydrogen-bond donors (Lipinski definition) is 0. The third kappa shape index (κ3) is 9.46. The fraction of sp³-hybridized carbons (Fsp3) is 0.444. The quantitative estimate of drug-likeness (QED) is 0.183. The van der Waals surface area contributed by atoms with E-state index in [-0.39, 0.29) is 11.3 Å². The molecule has 5 nitrogen and oxygen atoms in total. The van der Waals surface area contributed by atoms with E-state index in [1.165, 1.54) is 87.8 Å². The van der Waals surface area contributed by atoms with E-state index in [2.05, 4.69) is 6.92 Å². The van der Waals surface area contributed by atoms with Gasteiger partial charge in [0.05, 0.1) is 12.2 Å². The van der Waals surface area contributed by atoms with Gasteiger partial charge in [0.1, 0.15) is 12.0 Å². The van der Waals surface area contributed by atoms with Gasteiger partial charge in [-0.15, -0.1) is 0 Å². The van der Waals surface area contributed by atoms with Crippen LogP contribution in [0.4, 0.5) is 0 Å². The number of carbonyl (C=O) groups excluding carboxylic acids is 2. The van der Waals surface area contributed by atoms with E-state index in [1.807, 2.05) is 0 Å². The second-order valence-corrected chi connectivity index (χ2v) is 7.96. The van der Waals surface area contributed by atoms with Crippen molar-refractivity contribution in [3.05, 3.63) is 69.9 Å². The summed E-state index contributed by atoms with van der Waals surface area (Å²) < 4.78 is 11.0. The Balaban J connectivity index is 1.72. The van der Waals surface area contributed by atoms with Crippen LogP contribution < -0.4 is 14.9 Å². The van der Waals surface area contributed by atoms with Crippen LogP contribution in [0.15, 0.2) is 53.3 Å². The number of aldehydes is 1. The van der Waals surface area contributed by atoms with Gasteiger partial charge in [-0.05, 0) is 42.8 Å². The van der Waals surface area contributed by atoms with E-state index >= 15 is 0 Å². The standard InChI is InChI=1S/C27H34O5/c1-2-3-4-5-6-7-8-9-10-11-20-31-24-16-18-25(29)26(19-17-24)32-27(30)23-14-12-22(21-28)13-15-23/h12-19,21H,2-11,20H2,1H3. The Morgan fingerprint density at radius 2 is 1.38 bits per heavy atom. The molecular formula is C27H34O5. The summed E-state index contributed by atoms with van der Waals surface area (Å²) in [4.78, 5) is 35.2. The molecule has 5 heteroatoms. The Bertz CT molecular complexity index is 889. The molecule has 2 aromatic rings. The highest BCUT2D eigenvalue weighted by Gasteiger charge is 2.10. The van der Waals surface area contributed by atoms with Gasteiger partial charge in [-0.3, -0.25) is 9.59 Å². The van der Waals surface area contributed by atoms with Crippen LogP contribution in [0.5, 0.6) is 11.5 Å². The predicted octanol–water partition coefficient (Wildman–Crippen LogP) is 6.38. The minimum atomic E-state index is -0.654. The van der Waals surface area contributed by atoms with Crippen LogP contribution in [-0.2, 0) is 0 Å². The Hall–Kier alpha value is -2.95. The van der Waals surface area contributed by atoms with Crippen LogP contribution in [0.3, 0.4) is 0 Å². The molecule has 0 radical (unpaired) electrons. The van der Waals surface area contributed by atoms with Crippen LogP contribution in [0, 0.1) is 0 Å². The van der Waals surface area contributed by atoms with E-state index in [1.54, 1.807) is 12.1 Å². The molecule has 0 unspecified atom stereocenters. The lowest BCUT2D eigenvalue weighted by atomic mass is 10.1. The highest BCUT2D eigenvalue weighted by molar-refractivity contribution is 5.91. The summed E-state index contributed by atoms with van der Waals surface area (Å²) in [6.07, 6.45) is 13.3. The molecule has 0 saturated carbocycles. The van der Waals surface area contributed by atoms with Gasteiger partial charge in [-0.25, -0.2) is 4.79 Å². The molecule has 2 aromatic carbocycles. The fourth-order valence-corrected chi connectivity index (χ4v) is 3.35. The minimum Gasteiger partial charge on any atom is -0.494 e. The summed E-state index contributed by atoms with van der Waals surface area (Å²) in [6, 6.07) is 12.0. The Morgan fingerprint density at radius 3 is 2.00 bits per heavy atom. The summed E-state index contributed by atoms with van der Waals surface area (Å²) in [5.41, 5.74) is 0.317. The molecule has 0 aliphatic carbocycles. The first-order valence-electron chi connectivity index (χ1n) is 11.7. The number of ether oxygens (including phenoxy) is 2. The molecule has 0 aromatic heterocycles. The largest absolute Gasteiger partial charge is 0.494 e. The molecule has 32 heavy (non-hydrogen) atoms. The van der Waals surface area contributed by atoms with Gasteiger partial charge in [0.25, 0.3) is 0 Å². The second kappa shape index (κ2) is 15.0. The van der Waals surface area contributed by atoms with Gasteiger partial charge in [0.2, 0.25) is 5.43 Å². The van der Waals surface area contributed by atoms with E-state index < -0.39 is 11.4 Å². The van der Waals surface area contributed by atoms with E-state index in [4.69, 9.17) is 9.47 Å². The van der Waals surface area contributed by atoms with Gasteiger partial charge in [0.15, 0.2) is 5.75 Å². The van der Waals surface area contributed by atoms with Crippen LogP contribution >= 0.6 is 0 Å². The van der Waals surface area contributed by atoms with Crippen LogP contribution in [0.25, 0.3) is 0 Å². The topological polar surface area (TPSA) is 69.7 Å². The van der Waals surface area contributed by atoms with E-state index in [9.17, 15) is 14.4 Å². The third-order valence-electron chi connectivity index (χ3n) is 5.29. The first-order chi connectivity index (χ1) is 15.6. The summed E-state index contributed by atoms with van der Waals surface area (Å²) in [5, 5.41) is 0. The molecule has 0 spiro atoms.